The molecule has 0 aromatic heterocycles. The number of methoxy groups -OCH3 is 1. The van der Waals surface area contributed by atoms with Crippen molar-refractivity contribution in [2.45, 2.75) is 19.9 Å². The smallest absolute Gasteiger partial charge is 0.338 e. The number of carbonyl (C=O) groups is 3. The Morgan fingerprint density at radius 1 is 1.13 bits per heavy atom. The summed E-state index contributed by atoms with van der Waals surface area (Å²) in [6.45, 7) is 4.17. The maximum Gasteiger partial charge on any atom is 0.338 e. The SMILES string of the molecule is CCOC(=O)C1=C(C)NC(=O)N[C@@H]1c1ccc(OCC(=O)N/N=C/c2ccc3c(c2)OCCO3)c(OC)c1. The second-order valence-electron chi connectivity index (χ2n) is 8.19. The Kier molecular flexibility index (Phi) is 8.31. The van der Waals surface area contributed by atoms with Crippen molar-refractivity contribution in [3.8, 4) is 23.0 Å². The van der Waals surface area contributed by atoms with Crippen LogP contribution in [0, 0.1) is 0 Å². The monoisotopic (exact) mass is 524 g/mol. The average molecular weight is 525 g/mol. The summed E-state index contributed by atoms with van der Waals surface area (Å²) in [5.74, 6) is 0.852. The maximum atomic E-state index is 12.5. The first kappa shape index (κ1) is 26.3. The van der Waals surface area contributed by atoms with Gasteiger partial charge in [0.05, 0.1) is 31.5 Å². The molecule has 38 heavy (non-hydrogen) atoms. The molecule has 12 heteroatoms. The third-order valence-electron chi connectivity index (χ3n) is 5.61. The third kappa shape index (κ3) is 6.14. The van der Waals surface area contributed by atoms with Gasteiger partial charge in [0.1, 0.15) is 13.2 Å². The molecule has 1 atom stereocenters. The van der Waals surface area contributed by atoms with Crippen LogP contribution in [0.15, 0.2) is 52.8 Å². The zero-order chi connectivity index (χ0) is 27.1. The first-order valence-electron chi connectivity index (χ1n) is 11.9. The molecule has 2 aliphatic rings. The van der Waals surface area contributed by atoms with Gasteiger partial charge in [-0.1, -0.05) is 6.07 Å². The lowest BCUT2D eigenvalue weighted by molar-refractivity contribution is -0.139. The predicted octanol–water partition coefficient (Wildman–Crippen LogP) is 2.19. The highest BCUT2D eigenvalue weighted by atomic mass is 16.6. The summed E-state index contributed by atoms with van der Waals surface area (Å²) in [6, 6.07) is 9.00. The van der Waals surface area contributed by atoms with E-state index >= 15 is 0 Å². The molecule has 0 fully saturated rings. The molecule has 4 rings (SSSR count). The highest BCUT2D eigenvalue weighted by Crippen LogP contribution is 2.34. The number of hydrogen-bond acceptors (Lipinski definition) is 9. The van der Waals surface area contributed by atoms with Gasteiger partial charge in [0.2, 0.25) is 0 Å². The molecule has 2 aromatic rings. The van der Waals surface area contributed by atoms with Crippen molar-refractivity contribution < 1.29 is 38.1 Å². The fraction of sp³-hybridized carbons (Fsp3) is 0.308. The summed E-state index contributed by atoms with van der Waals surface area (Å²) in [5, 5.41) is 9.26. The largest absolute Gasteiger partial charge is 0.493 e. The molecule has 3 N–H and O–H groups in total. The minimum atomic E-state index is -0.760. The quantitative estimate of drug-likeness (QED) is 0.257. The molecule has 2 aromatic carbocycles. The average Bonchev–Trinajstić information content (AvgIpc) is 2.91. The van der Waals surface area contributed by atoms with Crippen molar-refractivity contribution in [3.05, 3.63) is 58.8 Å². The molecule has 12 nitrogen and oxygen atoms in total. The van der Waals surface area contributed by atoms with Crippen LogP contribution in [0.3, 0.4) is 0 Å². The summed E-state index contributed by atoms with van der Waals surface area (Å²) in [5.41, 5.74) is 4.37. The van der Waals surface area contributed by atoms with Crippen LogP contribution in [0.2, 0.25) is 0 Å². The summed E-state index contributed by atoms with van der Waals surface area (Å²) in [6.07, 6.45) is 1.48. The molecule has 200 valence electrons. The minimum Gasteiger partial charge on any atom is -0.493 e. The molecule has 2 aliphatic heterocycles. The molecule has 0 aliphatic carbocycles. The van der Waals surface area contributed by atoms with Crippen LogP contribution < -0.4 is 35.0 Å². The minimum absolute atomic E-state index is 0.190. The number of rotatable bonds is 9. The Labute approximate surface area is 218 Å². The van der Waals surface area contributed by atoms with Crippen LogP contribution in [0.5, 0.6) is 23.0 Å². The van der Waals surface area contributed by atoms with Crippen molar-refractivity contribution in [1.29, 1.82) is 0 Å². The number of urea groups is 1. The summed E-state index contributed by atoms with van der Waals surface area (Å²) in [7, 11) is 1.44. The van der Waals surface area contributed by atoms with Crippen molar-refractivity contribution in [1.82, 2.24) is 16.1 Å². The van der Waals surface area contributed by atoms with E-state index in [2.05, 4.69) is 21.2 Å². The van der Waals surface area contributed by atoms with E-state index in [1.165, 1.54) is 13.3 Å². The number of hydrazone groups is 1. The number of amides is 3. The topological polar surface area (TPSA) is 146 Å². The Bertz CT molecular complexity index is 1290. The fourth-order valence-corrected chi connectivity index (χ4v) is 3.90. The number of ether oxygens (including phenoxy) is 5. The number of carbonyl (C=O) groups excluding carboxylic acids is 3. The standard InChI is InChI=1S/C26H28N4O8/c1-4-35-25(32)23-15(2)28-26(33)29-24(23)17-6-8-18(20(12-17)34-3)38-14-22(31)30-27-13-16-5-7-19-21(11-16)37-10-9-36-19/h5-8,11-13,24H,4,9-10,14H2,1-3H3,(H,30,31)(H2,28,29,33)/b27-13+/t24-/m1/s1. The molecule has 0 saturated carbocycles. The van der Waals surface area contributed by atoms with Crippen LogP contribution in [0.25, 0.3) is 0 Å². The van der Waals surface area contributed by atoms with Gasteiger partial charge < -0.3 is 34.3 Å². The van der Waals surface area contributed by atoms with Crippen molar-refractivity contribution in [2.24, 2.45) is 5.10 Å². The zero-order valence-electron chi connectivity index (χ0n) is 21.2. The molecule has 0 radical (unpaired) electrons. The van der Waals surface area contributed by atoms with Gasteiger partial charge >= 0.3 is 12.0 Å². The van der Waals surface area contributed by atoms with Crippen LogP contribution in [-0.2, 0) is 14.3 Å². The van der Waals surface area contributed by atoms with Gasteiger partial charge in [0, 0.05) is 5.70 Å². The third-order valence-corrected chi connectivity index (χ3v) is 5.61. The Morgan fingerprint density at radius 3 is 2.68 bits per heavy atom. The van der Waals surface area contributed by atoms with E-state index in [0.29, 0.717) is 47.5 Å². The van der Waals surface area contributed by atoms with Crippen LogP contribution in [-0.4, -0.2) is 57.7 Å². The van der Waals surface area contributed by atoms with E-state index in [0.717, 1.165) is 5.56 Å². The summed E-state index contributed by atoms with van der Waals surface area (Å²) in [4.78, 5) is 36.9. The molecular weight excluding hydrogens is 496 g/mol. The fourth-order valence-electron chi connectivity index (χ4n) is 3.90. The number of esters is 1. The van der Waals surface area contributed by atoms with Gasteiger partial charge in [-0.2, -0.15) is 5.10 Å². The van der Waals surface area contributed by atoms with E-state index in [1.54, 1.807) is 50.2 Å². The number of hydrogen-bond donors (Lipinski definition) is 3. The molecule has 0 spiro atoms. The zero-order valence-corrected chi connectivity index (χ0v) is 21.2. The van der Waals surface area contributed by atoms with Gasteiger partial charge in [-0.05, 0) is 55.3 Å². The second-order valence-corrected chi connectivity index (χ2v) is 8.19. The lowest BCUT2D eigenvalue weighted by Crippen LogP contribution is -2.45. The molecule has 3 amide bonds. The lowest BCUT2D eigenvalue weighted by atomic mass is 9.95. The Balaban J connectivity index is 1.39. The number of fused-ring (bicyclic) bond motifs is 1. The predicted molar refractivity (Wildman–Crippen MR) is 135 cm³/mol. The number of nitrogens with zero attached hydrogens (tertiary/aromatic N) is 1. The Hall–Kier alpha value is -4.74. The van der Waals surface area contributed by atoms with Crippen LogP contribution in [0.4, 0.5) is 4.79 Å². The molecule has 2 heterocycles. The lowest BCUT2D eigenvalue weighted by Gasteiger charge is -2.28. The second kappa shape index (κ2) is 12.0. The molecule has 0 bridgehead atoms. The molecular formula is C26H28N4O8. The number of allylic oxidation sites excluding steroid dienone is 1. The summed E-state index contributed by atoms with van der Waals surface area (Å²) >= 11 is 0. The molecule has 0 saturated heterocycles. The number of nitrogens with one attached hydrogen (secondary N) is 3. The molecule has 0 unspecified atom stereocenters. The normalized spacial score (nSPS) is 16.4. The van der Waals surface area contributed by atoms with E-state index in [-0.39, 0.29) is 18.8 Å². The first-order valence-corrected chi connectivity index (χ1v) is 11.9. The highest BCUT2D eigenvalue weighted by Gasteiger charge is 2.32. The number of benzene rings is 2. The van der Waals surface area contributed by atoms with Crippen molar-refractivity contribution >= 4 is 24.1 Å². The van der Waals surface area contributed by atoms with Crippen LogP contribution in [0.1, 0.15) is 31.0 Å². The van der Waals surface area contributed by atoms with E-state index < -0.39 is 23.9 Å². The van der Waals surface area contributed by atoms with E-state index in [1.807, 2.05) is 0 Å². The van der Waals surface area contributed by atoms with Crippen molar-refractivity contribution in [3.63, 3.8) is 0 Å². The summed E-state index contributed by atoms with van der Waals surface area (Å²) < 4.78 is 27.2. The Morgan fingerprint density at radius 2 is 1.92 bits per heavy atom. The van der Waals surface area contributed by atoms with Gasteiger partial charge in [0.15, 0.2) is 29.6 Å². The van der Waals surface area contributed by atoms with E-state index in [4.69, 9.17) is 23.7 Å². The first-order chi connectivity index (χ1) is 18.4. The van der Waals surface area contributed by atoms with E-state index in [9.17, 15) is 14.4 Å². The van der Waals surface area contributed by atoms with Gasteiger partial charge in [-0.3, -0.25) is 4.79 Å². The van der Waals surface area contributed by atoms with Gasteiger partial charge in [0.25, 0.3) is 5.91 Å². The van der Waals surface area contributed by atoms with Gasteiger partial charge in [-0.15, -0.1) is 0 Å². The van der Waals surface area contributed by atoms with Crippen molar-refractivity contribution in [2.75, 3.05) is 33.5 Å². The maximum absolute atomic E-state index is 12.5. The van der Waals surface area contributed by atoms with Gasteiger partial charge in [-0.25, -0.2) is 15.0 Å². The van der Waals surface area contributed by atoms with Crippen LogP contribution >= 0.6 is 0 Å². The highest BCUT2D eigenvalue weighted by molar-refractivity contribution is 5.95.